The molecule has 0 amide bonds. The van der Waals surface area contributed by atoms with Crippen LogP contribution in [0.3, 0.4) is 0 Å². The van der Waals surface area contributed by atoms with Crippen LogP contribution in [-0.4, -0.2) is 12.0 Å². The van der Waals surface area contributed by atoms with Crippen LogP contribution in [0.2, 0.25) is 0 Å². The lowest BCUT2D eigenvalue weighted by Crippen LogP contribution is -2.13. The molecule has 1 heterocycles. The molecule has 94 valence electrons. The minimum absolute atomic E-state index is 0.0256. The highest BCUT2D eigenvalue weighted by molar-refractivity contribution is 5.60. The van der Waals surface area contributed by atoms with E-state index >= 15 is 0 Å². The van der Waals surface area contributed by atoms with Crippen LogP contribution >= 0.6 is 0 Å². The second kappa shape index (κ2) is 5.19. The molecular formula is C15H19N3. The lowest BCUT2D eigenvalue weighted by atomic mass is 10.1. The number of hydrogen-bond acceptors (Lipinski definition) is 3. The van der Waals surface area contributed by atoms with Gasteiger partial charge in [0.25, 0.3) is 0 Å². The third-order valence-corrected chi connectivity index (χ3v) is 3.03. The monoisotopic (exact) mass is 241 g/mol. The normalized spacial score (nSPS) is 12.2. The summed E-state index contributed by atoms with van der Waals surface area (Å²) < 4.78 is 0. The van der Waals surface area contributed by atoms with E-state index in [1.807, 2.05) is 26.1 Å². The molecule has 3 nitrogen and oxygen atoms in total. The average Bonchev–Trinajstić information content (AvgIpc) is 2.38. The molecule has 0 saturated carbocycles. The van der Waals surface area contributed by atoms with Gasteiger partial charge in [-0.25, -0.2) is 4.98 Å². The van der Waals surface area contributed by atoms with Gasteiger partial charge in [0.1, 0.15) is 5.82 Å². The zero-order valence-electron chi connectivity index (χ0n) is 11.1. The highest BCUT2D eigenvalue weighted by atomic mass is 15.2. The second-order valence-electron chi connectivity index (χ2n) is 4.63. The van der Waals surface area contributed by atoms with Gasteiger partial charge in [-0.3, -0.25) is 0 Å². The van der Waals surface area contributed by atoms with Crippen molar-refractivity contribution in [2.24, 2.45) is 5.73 Å². The predicted octanol–water partition coefficient (Wildman–Crippen LogP) is 3.18. The number of benzene rings is 1. The molecule has 18 heavy (non-hydrogen) atoms. The summed E-state index contributed by atoms with van der Waals surface area (Å²) in [6, 6.07) is 12.4. The van der Waals surface area contributed by atoms with E-state index in [-0.39, 0.29) is 6.04 Å². The fourth-order valence-electron chi connectivity index (χ4n) is 1.87. The number of aryl methyl sites for hydroxylation is 1. The van der Waals surface area contributed by atoms with Gasteiger partial charge < -0.3 is 10.6 Å². The lowest BCUT2D eigenvalue weighted by molar-refractivity contribution is 0.814. The van der Waals surface area contributed by atoms with E-state index in [0.717, 1.165) is 17.1 Å². The van der Waals surface area contributed by atoms with Crippen LogP contribution in [0.5, 0.6) is 0 Å². The molecule has 0 spiro atoms. The maximum Gasteiger partial charge on any atom is 0.132 e. The summed E-state index contributed by atoms with van der Waals surface area (Å²) in [4.78, 5) is 6.47. The van der Waals surface area contributed by atoms with Crippen molar-refractivity contribution in [2.45, 2.75) is 19.9 Å². The average molecular weight is 241 g/mol. The Balaban J connectivity index is 2.33. The summed E-state index contributed by atoms with van der Waals surface area (Å²) in [5.74, 6) is 0.912. The molecule has 0 bridgehead atoms. The van der Waals surface area contributed by atoms with Crippen molar-refractivity contribution in [1.29, 1.82) is 0 Å². The number of anilines is 2. The zero-order chi connectivity index (χ0) is 13.1. The van der Waals surface area contributed by atoms with E-state index < -0.39 is 0 Å². The highest BCUT2D eigenvalue weighted by Gasteiger charge is 2.07. The number of nitrogens with two attached hydrogens (primary N) is 1. The zero-order valence-corrected chi connectivity index (χ0v) is 11.1. The van der Waals surface area contributed by atoms with Gasteiger partial charge in [-0.05, 0) is 49.2 Å². The molecule has 1 aromatic heterocycles. The van der Waals surface area contributed by atoms with Crippen molar-refractivity contribution in [3.05, 3.63) is 53.7 Å². The van der Waals surface area contributed by atoms with Crippen molar-refractivity contribution in [3.8, 4) is 0 Å². The smallest absolute Gasteiger partial charge is 0.132 e. The van der Waals surface area contributed by atoms with Gasteiger partial charge in [-0.15, -0.1) is 0 Å². The minimum atomic E-state index is 0.0256. The Kier molecular flexibility index (Phi) is 3.63. The largest absolute Gasteiger partial charge is 0.329 e. The Morgan fingerprint density at radius 2 is 2.00 bits per heavy atom. The first kappa shape index (κ1) is 12.6. The summed E-state index contributed by atoms with van der Waals surface area (Å²) in [5, 5.41) is 0. The van der Waals surface area contributed by atoms with Crippen LogP contribution in [0.4, 0.5) is 11.5 Å². The van der Waals surface area contributed by atoms with Crippen LogP contribution < -0.4 is 10.6 Å². The molecule has 2 N–H and O–H groups in total. The molecule has 1 atom stereocenters. The van der Waals surface area contributed by atoms with E-state index in [1.165, 1.54) is 5.56 Å². The van der Waals surface area contributed by atoms with Gasteiger partial charge in [0.15, 0.2) is 0 Å². The Hall–Kier alpha value is -1.87. The quantitative estimate of drug-likeness (QED) is 0.897. The van der Waals surface area contributed by atoms with Gasteiger partial charge in [0.05, 0.1) is 0 Å². The molecule has 0 fully saturated rings. The highest BCUT2D eigenvalue weighted by Crippen LogP contribution is 2.24. The molecule has 0 saturated heterocycles. The molecule has 3 heteroatoms. The standard InChI is InChI=1S/C15H19N3/c1-11-5-4-6-14(9-11)18(3)15-10-13(12(2)16)7-8-17-15/h4-10,12H,16H2,1-3H3. The number of rotatable bonds is 3. The molecule has 0 radical (unpaired) electrons. The molecular weight excluding hydrogens is 222 g/mol. The third-order valence-electron chi connectivity index (χ3n) is 3.03. The second-order valence-corrected chi connectivity index (χ2v) is 4.63. The van der Waals surface area contributed by atoms with Crippen molar-refractivity contribution < 1.29 is 0 Å². The van der Waals surface area contributed by atoms with Gasteiger partial charge in [-0.2, -0.15) is 0 Å². The van der Waals surface area contributed by atoms with E-state index in [4.69, 9.17) is 5.73 Å². The molecule has 2 rings (SSSR count). The molecule has 1 aromatic carbocycles. The maximum atomic E-state index is 5.90. The Morgan fingerprint density at radius 3 is 2.67 bits per heavy atom. The number of nitrogens with zero attached hydrogens (tertiary/aromatic N) is 2. The van der Waals surface area contributed by atoms with E-state index in [9.17, 15) is 0 Å². The summed E-state index contributed by atoms with van der Waals surface area (Å²) in [6.07, 6.45) is 1.81. The van der Waals surface area contributed by atoms with Crippen LogP contribution in [0.25, 0.3) is 0 Å². The minimum Gasteiger partial charge on any atom is -0.329 e. The van der Waals surface area contributed by atoms with Crippen molar-refractivity contribution in [3.63, 3.8) is 0 Å². The fraction of sp³-hybridized carbons (Fsp3) is 0.267. The number of pyridine rings is 1. The van der Waals surface area contributed by atoms with E-state index in [2.05, 4.69) is 41.1 Å². The topological polar surface area (TPSA) is 42.1 Å². The summed E-state index contributed by atoms with van der Waals surface area (Å²) in [5.41, 5.74) is 9.36. The van der Waals surface area contributed by atoms with Crippen LogP contribution in [-0.2, 0) is 0 Å². The fourth-order valence-corrected chi connectivity index (χ4v) is 1.87. The van der Waals surface area contributed by atoms with Crippen molar-refractivity contribution >= 4 is 11.5 Å². The molecule has 1 unspecified atom stereocenters. The molecule has 0 aliphatic heterocycles. The summed E-state index contributed by atoms with van der Waals surface area (Å²) in [6.45, 7) is 4.06. The van der Waals surface area contributed by atoms with Crippen LogP contribution in [0.1, 0.15) is 24.1 Å². The Bertz CT molecular complexity index is 535. The summed E-state index contributed by atoms with van der Waals surface area (Å²) in [7, 11) is 2.02. The van der Waals surface area contributed by atoms with E-state index in [0.29, 0.717) is 0 Å². The first-order chi connectivity index (χ1) is 8.58. The molecule has 0 aliphatic carbocycles. The van der Waals surface area contributed by atoms with Crippen LogP contribution in [0.15, 0.2) is 42.6 Å². The summed E-state index contributed by atoms with van der Waals surface area (Å²) >= 11 is 0. The molecule has 2 aromatic rings. The Labute approximate surface area is 108 Å². The first-order valence-corrected chi connectivity index (χ1v) is 6.10. The predicted molar refractivity (Wildman–Crippen MR) is 76.1 cm³/mol. The Morgan fingerprint density at radius 1 is 1.22 bits per heavy atom. The lowest BCUT2D eigenvalue weighted by Gasteiger charge is -2.20. The number of aromatic nitrogens is 1. The van der Waals surface area contributed by atoms with E-state index in [1.54, 1.807) is 6.20 Å². The SMILES string of the molecule is Cc1cccc(N(C)c2cc(C(C)N)ccn2)c1. The molecule has 0 aliphatic rings. The number of hydrogen-bond donors (Lipinski definition) is 1. The van der Waals surface area contributed by atoms with Gasteiger partial charge in [0.2, 0.25) is 0 Å². The van der Waals surface area contributed by atoms with Crippen molar-refractivity contribution in [1.82, 2.24) is 4.98 Å². The maximum absolute atomic E-state index is 5.90. The van der Waals surface area contributed by atoms with Gasteiger partial charge >= 0.3 is 0 Å². The van der Waals surface area contributed by atoms with Gasteiger partial charge in [0, 0.05) is 25.0 Å². The van der Waals surface area contributed by atoms with Crippen LogP contribution in [0, 0.1) is 6.92 Å². The van der Waals surface area contributed by atoms with Crippen molar-refractivity contribution in [2.75, 3.05) is 11.9 Å². The third kappa shape index (κ3) is 2.68. The first-order valence-electron chi connectivity index (χ1n) is 6.10. The van der Waals surface area contributed by atoms with Gasteiger partial charge in [-0.1, -0.05) is 12.1 Å².